The number of carbonyl (C=O) groups excluding carboxylic acids is 1. The molecule has 2 aromatic heterocycles. The first-order valence-electron chi connectivity index (χ1n) is 8.89. The van der Waals surface area contributed by atoms with Gasteiger partial charge in [0.25, 0.3) is 0 Å². The number of hydrogen-bond donors (Lipinski definition) is 0. The summed E-state index contributed by atoms with van der Waals surface area (Å²) >= 11 is 1.35. The summed E-state index contributed by atoms with van der Waals surface area (Å²) in [5.74, 6) is 1.20. The summed E-state index contributed by atoms with van der Waals surface area (Å²) in [6.07, 6.45) is 1.91. The molecular weight excluding hydrogens is 374 g/mol. The van der Waals surface area contributed by atoms with Gasteiger partial charge in [-0.05, 0) is 24.6 Å². The fourth-order valence-corrected chi connectivity index (χ4v) is 3.68. The second-order valence-electron chi connectivity index (χ2n) is 6.28. The predicted molar refractivity (Wildman–Crippen MR) is 106 cm³/mol. The zero-order valence-electron chi connectivity index (χ0n) is 15.8. The molecule has 0 N–H and O–H groups in total. The van der Waals surface area contributed by atoms with E-state index < -0.39 is 0 Å². The molecule has 3 aromatic rings. The lowest BCUT2D eigenvalue weighted by atomic mass is 10.2. The fourth-order valence-electron chi connectivity index (χ4n) is 2.72. The molecule has 0 saturated carbocycles. The van der Waals surface area contributed by atoms with E-state index in [1.165, 1.54) is 11.8 Å². The molecule has 0 fully saturated rings. The number of rotatable bonds is 8. The molecule has 7 nitrogen and oxygen atoms in total. The van der Waals surface area contributed by atoms with Crippen LogP contribution in [0.4, 0.5) is 0 Å². The number of hydrogen-bond acceptors (Lipinski definition) is 6. The Balaban J connectivity index is 1.84. The molecule has 144 valence electrons. The Hall–Kier alpha value is -3.05. The minimum Gasteiger partial charge on any atom is -0.461 e. The van der Waals surface area contributed by atoms with E-state index in [0.717, 1.165) is 5.56 Å². The van der Waals surface area contributed by atoms with Gasteiger partial charge in [0.15, 0.2) is 10.9 Å². The lowest BCUT2D eigenvalue weighted by Gasteiger charge is -2.20. The first-order chi connectivity index (χ1) is 13.6. The van der Waals surface area contributed by atoms with Gasteiger partial charge in [0.2, 0.25) is 11.7 Å². The zero-order valence-corrected chi connectivity index (χ0v) is 16.6. The highest BCUT2D eigenvalue weighted by Crippen LogP contribution is 2.28. The van der Waals surface area contributed by atoms with Crippen molar-refractivity contribution in [2.24, 2.45) is 0 Å². The van der Waals surface area contributed by atoms with Gasteiger partial charge in [0.1, 0.15) is 0 Å². The van der Waals surface area contributed by atoms with E-state index in [1.54, 1.807) is 24.3 Å². The molecule has 0 unspecified atom stereocenters. The molecule has 0 saturated heterocycles. The van der Waals surface area contributed by atoms with Crippen LogP contribution in [0.3, 0.4) is 0 Å². The summed E-state index contributed by atoms with van der Waals surface area (Å²) in [7, 11) is 1.71. The number of nitrogens with zero attached hydrogens (tertiary/aromatic N) is 5. The molecule has 0 spiro atoms. The predicted octanol–water partition coefficient (Wildman–Crippen LogP) is 3.44. The third-order valence-electron chi connectivity index (χ3n) is 4.21. The number of carbonyl (C=O) groups is 1. The topological polar surface area (TPSA) is 87.9 Å². The number of aromatic nitrogens is 3. The van der Waals surface area contributed by atoms with Crippen LogP contribution in [-0.2, 0) is 11.3 Å². The Morgan fingerprint density at radius 1 is 1.29 bits per heavy atom. The van der Waals surface area contributed by atoms with Gasteiger partial charge >= 0.3 is 0 Å². The van der Waals surface area contributed by atoms with Crippen LogP contribution in [0.25, 0.3) is 11.6 Å². The molecule has 2 heterocycles. The summed E-state index contributed by atoms with van der Waals surface area (Å²) < 4.78 is 7.46. The van der Waals surface area contributed by atoms with Gasteiger partial charge in [-0.25, -0.2) is 0 Å². The van der Waals surface area contributed by atoms with Crippen molar-refractivity contribution in [2.75, 3.05) is 13.6 Å². The van der Waals surface area contributed by atoms with Crippen molar-refractivity contribution in [1.82, 2.24) is 19.7 Å². The molecule has 0 bridgehead atoms. The third-order valence-corrected chi connectivity index (χ3v) is 5.28. The second kappa shape index (κ2) is 9.24. The number of furan rings is 1. The Kier molecular flexibility index (Phi) is 6.50. The van der Waals surface area contributed by atoms with Gasteiger partial charge in [0, 0.05) is 13.6 Å². The highest BCUT2D eigenvalue weighted by Gasteiger charge is 2.23. The standard InChI is InChI=1S/C20H21N5O2S/c1-15(19(26)24(2)12-7-11-21)28-20-23-22-18(17-10-6-13-27-17)25(20)14-16-8-4-3-5-9-16/h3-6,8-10,13,15H,7,12,14H2,1-2H3/t15-/m0/s1. The summed E-state index contributed by atoms with van der Waals surface area (Å²) in [6.45, 7) is 2.82. The first kappa shape index (κ1) is 19.7. The van der Waals surface area contributed by atoms with Crippen LogP contribution >= 0.6 is 11.8 Å². The molecular formula is C20H21N5O2S. The number of benzene rings is 1. The van der Waals surface area contributed by atoms with E-state index in [9.17, 15) is 4.79 Å². The lowest BCUT2D eigenvalue weighted by Crippen LogP contribution is -2.34. The van der Waals surface area contributed by atoms with Crippen molar-refractivity contribution in [3.8, 4) is 17.7 Å². The summed E-state index contributed by atoms with van der Waals surface area (Å²) in [5.41, 5.74) is 1.10. The fraction of sp³-hybridized carbons (Fsp3) is 0.300. The van der Waals surface area contributed by atoms with Crippen molar-refractivity contribution < 1.29 is 9.21 Å². The van der Waals surface area contributed by atoms with Crippen molar-refractivity contribution in [3.63, 3.8) is 0 Å². The van der Waals surface area contributed by atoms with Gasteiger partial charge in [-0.2, -0.15) is 5.26 Å². The van der Waals surface area contributed by atoms with E-state index in [0.29, 0.717) is 36.3 Å². The summed E-state index contributed by atoms with van der Waals surface area (Å²) in [6, 6.07) is 15.7. The smallest absolute Gasteiger partial charge is 0.235 e. The van der Waals surface area contributed by atoms with Crippen molar-refractivity contribution in [3.05, 3.63) is 54.3 Å². The molecule has 0 aliphatic carbocycles. The maximum atomic E-state index is 12.6. The molecule has 1 amide bonds. The normalized spacial score (nSPS) is 11.8. The zero-order chi connectivity index (χ0) is 19.9. The van der Waals surface area contributed by atoms with Gasteiger partial charge < -0.3 is 9.32 Å². The Bertz CT molecular complexity index is 947. The lowest BCUT2D eigenvalue weighted by molar-refractivity contribution is -0.128. The number of amides is 1. The third kappa shape index (κ3) is 4.61. The van der Waals surface area contributed by atoms with Crippen LogP contribution in [0.2, 0.25) is 0 Å². The molecule has 28 heavy (non-hydrogen) atoms. The second-order valence-corrected chi connectivity index (χ2v) is 7.59. The van der Waals surface area contributed by atoms with E-state index in [-0.39, 0.29) is 11.2 Å². The Morgan fingerprint density at radius 2 is 2.07 bits per heavy atom. The summed E-state index contributed by atoms with van der Waals surface area (Å²) in [5, 5.41) is 17.6. The maximum Gasteiger partial charge on any atom is 0.235 e. The highest BCUT2D eigenvalue weighted by atomic mass is 32.2. The molecule has 8 heteroatoms. The SMILES string of the molecule is C[C@H](Sc1nnc(-c2ccco2)n1Cc1ccccc1)C(=O)N(C)CCC#N. The average Bonchev–Trinajstić information content (AvgIpc) is 3.37. The molecule has 1 atom stereocenters. The van der Waals surface area contributed by atoms with Crippen LogP contribution in [0, 0.1) is 11.3 Å². The van der Waals surface area contributed by atoms with Crippen LogP contribution in [0.1, 0.15) is 18.9 Å². The minimum atomic E-state index is -0.355. The highest BCUT2D eigenvalue weighted by molar-refractivity contribution is 8.00. The van der Waals surface area contributed by atoms with E-state index in [4.69, 9.17) is 9.68 Å². The minimum absolute atomic E-state index is 0.0472. The van der Waals surface area contributed by atoms with Gasteiger partial charge in [-0.15, -0.1) is 10.2 Å². The average molecular weight is 395 g/mol. The molecule has 3 rings (SSSR count). The summed E-state index contributed by atoms with van der Waals surface area (Å²) in [4.78, 5) is 14.2. The van der Waals surface area contributed by atoms with Crippen LogP contribution < -0.4 is 0 Å². The molecule has 1 aromatic carbocycles. The van der Waals surface area contributed by atoms with Crippen LogP contribution in [0.5, 0.6) is 0 Å². The monoisotopic (exact) mass is 395 g/mol. The van der Waals surface area contributed by atoms with E-state index >= 15 is 0 Å². The van der Waals surface area contributed by atoms with E-state index in [2.05, 4.69) is 16.3 Å². The molecule has 0 radical (unpaired) electrons. The van der Waals surface area contributed by atoms with Gasteiger partial charge in [-0.3, -0.25) is 9.36 Å². The van der Waals surface area contributed by atoms with Crippen molar-refractivity contribution in [2.45, 2.75) is 30.3 Å². The first-order valence-corrected chi connectivity index (χ1v) is 9.77. The quantitative estimate of drug-likeness (QED) is 0.543. The molecule has 0 aliphatic rings. The molecule has 0 aliphatic heterocycles. The van der Waals surface area contributed by atoms with Crippen molar-refractivity contribution in [1.29, 1.82) is 5.26 Å². The van der Waals surface area contributed by atoms with Gasteiger partial charge in [0.05, 0.1) is 30.5 Å². The largest absolute Gasteiger partial charge is 0.461 e. The van der Waals surface area contributed by atoms with Crippen molar-refractivity contribution >= 4 is 17.7 Å². The van der Waals surface area contributed by atoms with Crippen LogP contribution in [-0.4, -0.2) is 44.4 Å². The Labute approximate surface area is 168 Å². The van der Waals surface area contributed by atoms with Gasteiger partial charge in [-0.1, -0.05) is 42.1 Å². The number of thioether (sulfide) groups is 1. The maximum absolute atomic E-state index is 12.6. The van der Waals surface area contributed by atoms with E-state index in [1.807, 2.05) is 47.9 Å². The number of nitriles is 1. The van der Waals surface area contributed by atoms with Crippen LogP contribution in [0.15, 0.2) is 58.3 Å². The Morgan fingerprint density at radius 3 is 2.75 bits per heavy atom.